The fourth-order valence-electron chi connectivity index (χ4n) is 1.88. The third-order valence-corrected chi connectivity index (χ3v) is 2.96. The van der Waals surface area contributed by atoms with Crippen LogP contribution in [0.1, 0.15) is 29.8 Å². The molecule has 22 heavy (non-hydrogen) atoms. The van der Waals surface area contributed by atoms with Crippen molar-refractivity contribution in [3.8, 4) is 0 Å². The maximum Gasteiger partial charge on any atom is 0.337 e. The van der Waals surface area contributed by atoms with E-state index in [-0.39, 0.29) is 19.6 Å². The fourth-order valence-corrected chi connectivity index (χ4v) is 1.88. The molecule has 1 rings (SSSR count). The van der Waals surface area contributed by atoms with Gasteiger partial charge >= 0.3 is 17.9 Å². The molecule has 0 radical (unpaired) electrons. The molecule has 0 spiro atoms. The zero-order chi connectivity index (χ0) is 16.5. The first-order valence-corrected chi connectivity index (χ1v) is 7.04. The molecule has 0 heterocycles. The van der Waals surface area contributed by atoms with E-state index in [0.29, 0.717) is 5.56 Å². The monoisotopic (exact) mass is 308 g/mol. The maximum absolute atomic E-state index is 11.9. The summed E-state index contributed by atoms with van der Waals surface area (Å²) in [4.78, 5) is 35.1. The lowest BCUT2D eigenvalue weighted by Gasteiger charge is -2.14. The SMILES string of the molecule is CCOC(=O)C(Cc1ccc(C(=O)OC)cc1)C(=O)OCC. The minimum Gasteiger partial charge on any atom is -0.465 e. The van der Waals surface area contributed by atoms with Crippen molar-refractivity contribution in [1.82, 2.24) is 0 Å². The van der Waals surface area contributed by atoms with E-state index < -0.39 is 23.8 Å². The Morgan fingerprint density at radius 2 is 1.45 bits per heavy atom. The standard InChI is InChI=1S/C16H20O6/c1-4-21-15(18)13(16(19)22-5-2)10-11-6-8-12(9-7-11)14(17)20-3/h6-9,13H,4-5,10H2,1-3H3. The van der Waals surface area contributed by atoms with E-state index in [0.717, 1.165) is 5.56 Å². The van der Waals surface area contributed by atoms with Crippen molar-refractivity contribution < 1.29 is 28.6 Å². The van der Waals surface area contributed by atoms with E-state index in [9.17, 15) is 14.4 Å². The highest BCUT2D eigenvalue weighted by Crippen LogP contribution is 2.14. The van der Waals surface area contributed by atoms with Crippen LogP contribution < -0.4 is 0 Å². The molecule has 0 atom stereocenters. The lowest BCUT2D eigenvalue weighted by molar-refractivity contribution is -0.161. The number of carbonyl (C=O) groups excluding carboxylic acids is 3. The van der Waals surface area contributed by atoms with Crippen LogP contribution in [0.2, 0.25) is 0 Å². The molecule has 120 valence electrons. The van der Waals surface area contributed by atoms with Crippen LogP contribution in [0.4, 0.5) is 0 Å². The average molecular weight is 308 g/mol. The van der Waals surface area contributed by atoms with Crippen molar-refractivity contribution in [2.45, 2.75) is 20.3 Å². The molecule has 0 aliphatic carbocycles. The molecule has 0 N–H and O–H groups in total. The fraction of sp³-hybridized carbons (Fsp3) is 0.438. The summed E-state index contributed by atoms with van der Waals surface area (Å²) in [7, 11) is 1.30. The molecule has 1 aromatic carbocycles. The van der Waals surface area contributed by atoms with E-state index in [4.69, 9.17) is 9.47 Å². The Morgan fingerprint density at radius 3 is 1.86 bits per heavy atom. The molecule has 0 fully saturated rings. The van der Waals surface area contributed by atoms with Crippen molar-refractivity contribution in [2.24, 2.45) is 5.92 Å². The predicted molar refractivity (Wildman–Crippen MR) is 78.2 cm³/mol. The summed E-state index contributed by atoms with van der Waals surface area (Å²) >= 11 is 0. The Hall–Kier alpha value is -2.37. The summed E-state index contributed by atoms with van der Waals surface area (Å²) in [5, 5.41) is 0. The zero-order valence-electron chi connectivity index (χ0n) is 13.0. The molecule has 0 aromatic heterocycles. The second kappa shape index (κ2) is 8.81. The van der Waals surface area contributed by atoms with Crippen molar-refractivity contribution in [3.05, 3.63) is 35.4 Å². The first-order chi connectivity index (χ1) is 10.5. The Balaban J connectivity index is 2.86. The molecule has 0 aliphatic heterocycles. The molecule has 0 saturated heterocycles. The van der Waals surface area contributed by atoms with Gasteiger partial charge in [-0.2, -0.15) is 0 Å². The summed E-state index contributed by atoms with van der Waals surface area (Å²) in [5.41, 5.74) is 1.12. The van der Waals surface area contributed by atoms with Gasteiger partial charge in [0, 0.05) is 0 Å². The molecule has 0 bridgehead atoms. The van der Waals surface area contributed by atoms with E-state index in [1.165, 1.54) is 7.11 Å². The number of ether oxygens (including phenoxy) is 3. The number of hydrogen-bond donors (Lipinski definition) is 0. The normalized spacial score (nSPS) is 10.2. The molecule has 0 unspecified atom stereocenters. The minimum atomic E-state index is -1.01. The van der Waals surface area contributed by atoms with E-state index in [1.54, 1.807) is 38.1 Å². The highest BCUT2D eigenvalue weighted by molar-refractivity contribution is 5.95. The summed E-state index contributed by atoms with van der Waals surface area (Å²) in [6, 6.07) is 6.48. The van der Waals surface area contributed by atoms with Gasteiger partial charge in [0.05, 0.1) is 25.9 Å². The number of esters is 3. The number of hydrogen-bond acceptors (Lipinski definition) is 6. The number of benzene rings is 1. The first kappa shape index (κ1) is 17.7. The third kappa shape index (κ3) is 4.87. The maximum atomic E-state index is 11.9. The Kier molecular flexibility index (Phi) is 7.08. The van der Waals surface area contributed by atoms with E-state index >= 15 is 0 Å². The number of methoxy groups -OCH3 is 1. The second-order valence-corrected chi connectivity index (χ2v) is 4.45. The topological polar surface area (TPSA) is 78.9 Å². The van der Waals surface area contributed by atoms with Crippen molar-refractivity contribution >= 4 is 17.9 Å². The van der Waals surface area contributed by atoms with Gasteiger partial charge in [-0.25, -0.2) is 4.79 Å². The van der Waals surface area contributed by atoms with Crippen LogP contribution in [0.5, 0.6) is 0 Å². The molecule has 6 nitrogen and oxygen atoms in total. The molecular formula is C16H20O6. The Labute approximate surface area is 129 Å². The van der Waals surface area contributed by atoms with Gasteiger partial charge in [0.1, 0.15) is 0 Å². The van der Waals surface area contributed by atoms with Crippen LogP contribution in [0.3, 0.4) is 0 Å². The average Bonchev–Trinajstić information content (AvgIpc) is 2.52. The van der Waals surface area contributed by atoms with Gasteiger partial charge in [-0.15, -0.1) is 0 Å². The highest BCUT2D eigenvalue weighted by Gasteiger charge is 2.29. The summed E-state index contributed by atoms with van der Waals surface area (Å²) < 4.78 is 14.4. The quantitative estimate of drug-likeness (QED) is 0.434. The Morgan fingerprint density at radius 1 is 0.955 bits per heavy atom. The largest absolute Gasteiger partial charge is 0.465 e. The third-order valence-electron chi connectivity index (χ3n) is 2.96. The Bertz CT molecular complexity index is 502. The van der Waals surface area contributed by atoms with Crippen LogP contribution in [0.15, 0.2) is 24.3 Å². The van der Waals surface area contributed by atoms with Gasteiger partial charge < -0.3 is 14.2 Å². The smallest absolute Gasteiger partial charge is 0.337 e. The number of rotatable bonds is 7. The predicted octanol–water partition coefficient (Wildman–Crippen LogP) is 1.76. The van der Waals surface area contributed by atoms with Gasteiger partial charge in [-0.1, -0.05) is 12.1 Å². The summed E-state index contributed by atoms with van der Waals surface area (Å²) in [6.07, 6.45) is 0.152. The van der Waals surface area contributed by atoms with Crippen LogP contribution in [0.25, 0.3) is 0 Å². The van der Waals surface area contributed by atoms with Crippen molar-refractivity contribution in [1.29, 1.82) is 0 Å². The molecule has 0 amide bonds. The molecule has 0 saturated carbocycles. The summed E-state index contributed by atoms with van der Waals surface area (Å²) in [5.74, 6) is -2.68. The minimum absolute atomic E-state index is 0.152. The summed E-state index contributed by atoms with van der Waals surface area (Å²) in [6.45, 7) is 3.72. The van der Waals surface area contributed by atoms with Crippen LogP contribution in [-0.2, 0) is 30.2 Å². The molecule has 0 aliphatic rings. The molecule has 1 aromatic rings. The van der Waals surface area contributed by atoms with Crippen LogP contribution >= 0.6 is 0 Å². The lowest BCUT2D eigenvalue weighted by atomic mass is 9.98. The second-order valence-electron chi connectivity index (χ2n) is 4.45. The van der Waals surface area contributed by atoms with E-state index in [1.807, 2.05) is 0 Å². The lowest BCUT2D eigenvalue weighted by Crippen LogP contribution is -2.30. The van der Waals surface area contributed by atoms with Gasteiger partial charge in [0.25, 0.3) is 0 Å². The number of carbonyl (C=O) groups is 3. The van der Waals surface area contributed by atoms with Crippen molar-refractivity contribution in [3.63, 3.8) is 0 Å². The van der Waals surface area contributed by atoms with Crippen molar-refractivity contribution in [2.75, 3.05) is 20.3 Å². The van der Waals surface area contributed by atoms with E-state index in [2.05, 4.69) is 4.74 Å². The molecular weight excluding hydrogens is 288 g/mol. The van der Waals surface area contributed by atoms with Gasteiger partial charge in [-0.05, 0) is 38.0 Å². The van der Waals surface area contributed by atoms with Gasteiger partial charge in [0.2, 0.25) is 0 Å². The van der Waals surface area contributed by atoms with Gasteiger partial charge in [0.15, 0.2) is 5.92 Å². The zero-order valence-corrected chi connectivity index (χ0v) is 13.0. The van der Waals surface area contributed by atoms with Crippen LogP contribution in [-0.4, -0.2) is 38.2 Å². The first-order valence-electron chi connectivity index (χ1n) is 7.04. The van der Waals surface area contributed by atoms with Crippen LogP contribution in [0, 0.1) is 5.92 Å². The highest BCUT2D eigenvalue weighted by atomic mass is 16.6. The molecule has 6 heteroatoms. The van der Waals surface area contributed by atoms with Gasteiger partial charge in [-0.3, -0.25) is 9.59 Å².